The fourth-order valence-corrected chi connectivity index (χ4v) is 1.77. The van der Waals surface area contributed by atoms with Gasteiger partial charge in [0, 0.05) is 17.7 Å². The molecule has 112 valence electrons. The second-order valence-corrected chi connectivity index (χ2v) is 4.25. The highest BCUT2D eigenvalue weighted by molar-refractivity contribution is 5.89. The minimum atomic E-state index is -0.633. The van der Waals surface area contributed by atoms with E-state index in [2.05, 4.69) is 0 Å². The summed E-state index contributed by atoms with van der Waals surface area (Å²) in [5.74, 6) is 0.108. The quantitative estimate of drug-likeness (QED) is 0.278. The zero-order chi connectivity index (χ0) is 15.9. The van der Waals surface area contributed by atoms with Gasteiger partial charge < -0.3 is 9.47 Å². The van der Waals surface area contributed by atoms with Crippen molar-refractivity contribution in [3.05, 3.63) is 70.3 Å². The van der Waals surface area contributed by atoms with Crippen molar-refractivity contribution in [2.24, 2.45) is 0 Å². The smallest absolute Gasteiger partial charge is 0.336 e. The minimum absolute atomic E-state index is 0.115. The first-order valence-electron chi connectivity index (χ1n) is 6.37. The normalized spacial score (nSPS) is 10.4. The molecule has 6 heteroatoms. The van der Waals surface area contributed by atoms with E-state index in [4.69, 9.17) is 9.47 Å². The standard InChI is InChI=1S/C16H13NO5/c1-21-15-8-3-2-5-12(15)9-10-16(18)22-14-7-4-6-13(11-14)17(19)20/h2-11H,1H3. The fraction of sp³-hybridized carbons (Fsp3) is 0.0625. The minimum Gasteiger partial charge on any atom is -0.496 e. The molecule has 0 spiro atoms. The van der Waals surface area contributed by atoms with Crippen LogP contribution in [-0.2, 0) is 4.79 Å². The summed E-state index contributed by atoms with van der Waals surface area (Å²) in [5.41, 5.74) is 0.583. The van der Waals surface area contributed by atoms with E-state index in [-0.39, 0.29) is 11.4 Å². The second kappa shape index (κ2) is 7.03. The number of nitro benzene ring substituents is 1. The summed E-state index contributed by atoms with van der Waals surface area (Å²) >= 11 is 0. The molecule has 0 aliphatic heterocycles. The molecule has 0 bridgehead atoms. The van der Waals surface area contributed by atoms with Gasteiger partial charge in [-0.1, -0.05) is 24.3 Å². The van der Waals surface area contributed by atoms with E-state index in [0.717, 1.165) is 5.56 Å². The molecule has 0 unspecified atom stereocenters. The number of hydrogen-bond donors (Lipinski definition) is 0. The Labute approximate surface area is 126 Å². The molecule has 6 nitrogen and oxygen atoms in total. The van der Waals surface area contributed by atoms with E-state index in [9.17, 15) is 14.9 Å². The van der Waals surface area contributed by atoms with Gasteiger partial charge in [-0.15, -0.1) is 0 Å². The van der Waals surface area contributed by atoms with Crippen molar-refractivity contribution in [2.45, 2.75) is 0 Å². The number of benzene rings is 2. The molecule has 2 rings (SSSR count). The maximum Gasteiger partial charge on any atom is 0.336 e. The van der Waals surface area contributed by atoms with E-state index < -0.39 is 10.9 Å². The van der Waals surface area contributed by atoms with E-state index in [1.165, 1.54) is 37.5 Å². The summed E-state index contributed by atoms with van der Waals surface area (Å²) in [5, 5.41) is 10.7. The lowest BCUT2D eigenvalue weighted by atomic mass is 10.2. The Kier molecular flexibility index (Phi) is 4.87. The summed E-state index contributed by atoms with van der Waals surface area (Å²) in [6.07, 6.45) is 2.79. The third-order valence-corrected chi connectivity index (χ3v) is 2.78. The molecule has 0 saturated heterocycles. The molecule has 2 aromatic rings. The van der Waals surface area contributed by atoms with Gasteiger partial charge in [0.05, 0.1) is 18.1 Å². The largest absolute Gasteiger partial charge is 0.496 e. The van der Waals surface area contributed by atoms with Gasteiger partial charge in [0.1, 0.15) is 11.5 Å². The van der Waals surface area contributed by atoms with E-state index in [1.54, 1.807) is 18.2 Å². The van der Waals surface area contributed by atoms with Gasteiger partial charge in [0.2, 0.25) is 0 Å². The fourth-order valence-electron chi connectivity index (χ4n) is 1.77. The third kappa shape index (κ3) is 3.92. The lowest BCUT2D eigenvalue weighted by Gasteiger charge is -2.03. The molecule has 0 atom stereocenters. The number of nitro groups is 1. The first-order valence-corrected chi connectivity index (χ1v) is 6.37. The van der Waals surface area contributed by atoms with Crippen molar-refractivity contribution in [3.63, 3.8) is 0 Å². The summed E-state index contributed by atoms with van der Waals surface area (Å²) in [4.78, 5) is 21.9. The van der Waals surface area contributed by atoms with Crippen LogP contribution in [0.5, 0.6) is 11.5 Å². The average molecular weight is 299 g/mol. The first kappa shape index (κ1) is 15.2. The maximum absolute atomic E-state index is 11.7. The number of nitrogens with zero attached hydrogens (tertiary/aromatic N) is 1. The predicted octanol–water partition coefficient (Wildman–Crippen LogP) is 3.22. The molecule has 0 saturated carbocycles. The molecule has 0 fully saturated rings. The molecule has 22 heavy (non-hydrogen) atoms. The monoisotopic (exact) mass is 299 g/mol. The van der Waals surface area contributed by atoms with Gasteiger partial charge in [-0.3, -0.25) is 10.1 Å². The molecule has 0 heterocycles. The third-order valence-electron chi connectivity index (χ3n) is 2.78. The van der Waals surface area contributed by atoms with Crippen molar-refractivity contribution < 1.29 is 19.2 Å². The van der Waals surface area contributed by atoms with Crippen molar-refractivity contribution in [2.75, 3.05) is 7.11 Å². The SMILES string of the molecule is COc1ccccc1C=CC(=O)Oc1cccc([N+](=O)[O-])c1. The summed E-state index contributed by atoms with van der Waals surface area (Å²) < 4.78 is 10.2. The molecule has 0 aromatic heterocycles. The van der Waals surface area contributed by atoms with Gasteiger partial charge in [-0.2, -0.15) is 0 Å². The summed E-state index contributed by atoms with van der Waals surface area (Å²) in [6, 6.07) is 12.6. The van der Waals surface area contributed by atoms with Crippen molar-refractivity contribution in [1.82, 2.24) is 0 Å². The van der Waals surface area contributed by atoms with Gasteiger partial charge in [0.15, 0.2) is 0 Å². The Hall–Kier alpha value is -3.15. The van der Waals surface area contributed by atoms with Gasteiger partial charge in [-0.05, 0) is 18.2 Å². The first-order chi connectivity index (χ1) is 10.6. The lowest BCUT2D eigenvalue weighted by Crippen LogP contribution is -2.04. The topological polar surface area (TPSA) is 78.7 Å². The van der Waals surface area contributed by atoms with Crippen LogP contribution < -0.4 is 9.47 Å². The van der Waals surface area contributed by atoms with E-state index in [0.29, 0.717) is 5.75 Å². The van der Waals surface area contributed by atoms with Crippen molar-refractivity contribution >= 4 is 17.7 Å². The number of para-hydroxylation sites is 1. The van der Waals surface area contributed by atoms with Crippen LogP contribution in [0.15, 0.2) is 54.6 Å². The zero-order valence-corrected chi connectivity index (χ0v) is 11.8. The molecular formula is C16H13NO5. The number of esters is 1. The van der Waals surface area contributed by atoms with Crippen molar-refractivity contribution in [3.8, 4) is 11.5 Å². The number of hydrogen-bond acceptors (Lipinski definition) is 5. The average Bonchev–Trinajstić information content (AvgIpc) is 2.53. The van der Waals surface area contributed by atoms with Crippen LogP contribution in [0.2, 0.25) is 0 Å². The van der Waals surface area contributed by atoms with Crippen LogP contribution in [0.4, 0.5) is 5.69 Å². The summed E-state index contributed by atoms with van der Waals surface area (Å²) in [6.45, 7) is 0. The molecular weight excluding hydrogens is 286 g/mol. The number of methoxy groups -OCH3 is 1. The highest BCUT2D eigenvalue weighted by atomic mass is 16.6. The number of ether oxygens (including phenoxy) is 2. The number of carbonyl (C=O) groups is 1. The molecule has 0 aliphatic rings. The summed E-state index contributed by atoms with van der Waals surface area (Å²) in [7, 11) is 1.54. The molecule has 0 radical (unpaired) electrons. The van der Waals surface area contributed by atoms with Crippen LogP contribution in [0.3, 0.4) is 0 Å². The Bertz CT molecular complexity index is 724. The molecule has 0 N–H and O–H groups in total. The zero-order valence-electron chi connectivity index (χ0n) is 11.8. The molecule has 0 aliphatic carbocycles. The van der Waals surface area contributed by atoms with Crippen molar-refractivity contribution in [1.29, 1.82) is 0 Å². The molecule has 0 amide bonds. The van der Waals surface area contributed by atoms with Crippen LogP contribution in [0.1, 0.15) is 5.56 Å². The van der Waals surface area contributed by atoms with Crippen LogP contribution in [0.25, 0.3) is 6.08 Å². The Morgan fingerprint density at radius 3 is 2.68 bits per heavy atom. The van der Waals surface area contributed by atoms with E-state index >= 15 is 0 Å². The van der Waals surface area contributed by atoms with Gasteiger partial charge in [-0.25, -0.2) is 4.79 Å². The lowest BCUT2D eigenvalue weighted by molar-refractivity contribution is -0.384. The Morgan fingerprint density at radius 2 is 1.95 bits per heavy atom. The van der Waals surface area contributed by atoms with Crippen LogP contribution >= 0.6 is 0 Å². The number of non-ortho nitro benzene ring substituents is 1. The Balaban J connectivity index is 2.08. The van der Waals surface area contributed by atoms with Crippen LogP contribution in [-0.4, -0.2) is 18.0 Å². The van der Waals surface area contributed by atoms with Crippen LogP contribution in [0, 0.1) is 10.1 Å². The van der Waals surface area contributed by atoms with E-state index in [1.807, 2.05) is 12.1 Å². The highest BCUT2D eigenvalue weighted by Crippen LogP contribution is 2.20. The maximum atomic E-state index is 11.7. The number of rotatable bonds is 5. The number of carbonyl (C=O) groups excluding carboxylic acids is 1. The second-order valence-electron chi connectivity index (χ2n) is 4.25. The van der Waals surface area contributed by atoms with Gasteiger partial charge in [0.25, 0.3) is 5.69 Å². The van der Waals surface area contributed by atoms with Gasteiger partial charge >= 0.3 is 5.97 Å². The Morgan fingerprint density at radius 1 is 1.18 bits per heavy atom. The highest BCUT2D eigenvalue weighted by Gasteiger charge is 2.08. The predicted molar refractivity (Wildman–Crippen MR) is 80.8 cm³/mol. The molecule has 2 aromatic carbocycles.